The molecule has 4 heterocycles. The summed E-state index contributed by atoms with van der Waals surface area (Å²) in [6.07, 6.45) is 14.5. The zero-order valence-electron chi connectivity index (χ0n) is 44.1. The van der Waals surface area contributed by atoms with Gasteiger partial charge in [-0.15, -0.1) is 0 Å². The Morgan fingerprint density at radius 3 is 2.36 bits per heavy atom. The molecule has 0 radical (unpaired) electrons. The van der Waals surface area contributed by atoms with Crippen molar-refractivity contribution in [3.05, 3.63) is 88.8 Å². The minimum atomic E-state index is -1.24. The van der Waals surface area contributed by atoms with Gasteiger partial charge in [0.15, 0.2) is 0 Å². The molecule has 2 saturated carbocycles. The van der Waals surface area contributed by atoms with Crippen molar-refractivity contribution in [3.8, 4) is 0 Å². The molecule has 2 aromatic heterocycles. The third-order valence-electron chi connectivity index (χ3n) is 14.6. The summed E-state index contributed by atoms with van der Waals surface area (Å²) in [6, 6.07) is 16.1. The minimum Gasteiger partial charge on any atom is -0.444 e. The van der Waals surface area contributed by atoms with Crippen LogP contribution in [0.1, 0.15) is 158 Å². The number of carbonyl (C=O) groups is 5. The molecular weight excluding hydrogens is 976 g/mol. The molecule has 4 fully saturated rings. The second kappa shape index (κ2) is 26.9. The summed E-state index contributed by atoms with van der Waals surface area (Å²) in [4.78, 5) is 84.6. The van der Waals surface area contributed by atoms with Crippen LogP contribution in [0.25, 0.3) is 11.0 Å². The number of nitrogens with one attached hydrogen (secondary N) is 6. The van der Waals surface area contributed by atoms with Crippen molar-refractivity contribution in [2.45, 2.75) is 154 Å². The lowest BCUT2D eigenvalue weighted by Gasteiger charge is -2.42. The van der Waals surface area contributed by atoms with Crippen LogP contribution in [0.4, 0.5) is 10.6 Å². The number of fused-ring (bicyclic) bond motifs is 1. The number of anilines is 1. The van der Waals surface area contributed by atoms with Crippen LogP contribution in [-0.2, 0) is 19.1 Å². The number of alkyl carbamates (subject to hydrolysis) is 1. The van der Waals surface area contributed by atoms with Crippen LogP contribution in [0.15, 0.2) is 67.1 Å². The number of carbonyl (C=O) groups excluding carboxylic acids is 5. The summed E-state index contributed by atoms with van der Waals surface area (Å²) >= 11 is 7.89. The second-order valence-electron chi connectivity index (χ2n) is 21.1. The Morgan fingerprint density at radius 1 is 0.878 bits per heavy atom. The lowest BCUT2D eigenvalue weighted by molar-refractivity contribution is -0.133. The van der Waals surface area contributed by atoms with Crippen molar-refractivity contribution in [3.63, 3.8) is 0 Å². The van der Waals surface area contributed by atoms with Gasteiger partial charge in [-0.1, -0.05) is 80.9 Å². The van der Waals surface area contributed by atoms with Crippen LogP contribution in [-0.4, -0.2) is 112 Å². The molecule has 2 aliphatic heterocycles. The number of amides is 5. The summed E-state index contributed by atoms with van der Waals surface area (Å²) in [5.74, 6) is 1.67. The number of unbranched alkanes of at least 4 members (excludes halogenated alkanes) is 1. The van der Waals surface area contributed by atoms with E-state index in [1.807, 2.05) is 73.5 Å². The molecule has 18 heteroatoms. The van der Waals surface area contributed by atoms with Gasteiger partial charge >= 0.3 is 6.09 Å². The topological polar surface area (TPSA) is 203 Å². The molecule has 8 rings (SSSR count). The number of H-pyrrole nitrogens is 1. The largest absolute Gasteiger partial charge is 0.444 e. The average molecular weight is 1060 g/mol. The first-order chi connectivity index (χ1) is 35.7. The summed E-state index contributed by atoms with van der Waals surface area (Å²) in [5, 5.41) is 14.1. The summed E-state index contributed by atoms with van der Waals surface area (Å²) in [7, 11) is 0. The van der Waals surface area contributed by atoms with Crippen LogP contribution in [0.3, 0.4) is 0 Å². The molecule has 3 unspecified atom stereocenters. The van der Waals surface area contributed by atoms with Gasteiger partial charge in [0.05, 0.1) is 11.4 Å². The number of piperidine rings is 2. The summed E-state index contributed by atoms with van der Waals surface area (Å²) < 4.78 is 9.14. The molecule has 3 atom stereocenters. The molecule has 2 aliphatic carbocycles. The average Bonchev–Trinajstić information content (AvgIpc) is 4.15. The minimum absolute atomic E-state index is 0.0822. The second-order valence-corrected chi connectivity index (χ2v) is 22.5. The fourth-order valence-corrected chi connectivity index (χ4v) is 11.3. The van der Waals surface area contributed by atoms with Crippen molar-refractivity contribution < 1.29 is 28.7 Å². The molecule has 0 bridgehead atoms. The van der Waals surface area contributed by atoms with Crippen LogP contribution < -0.4 is 30.9 Å². The smallest absolute Gasteiger partial charge is 0.408 e. The monoisotopic (exact) mass is 1050 g/mol. The van der Waals surface area contributed by atoms with Crippen molar-refractivity contribution in [1.82, 2.24) is 45.8 Å². The predicted molar refractivity (Wildman–Crippen MR) is 294 cm³/mol. The van der Waals surface area contributed by atoms with Crippen molar-refractivity contribution in [1.29, 1.82) is 0 Å². The summed E-state index contributed by atoms with van der Waals surface area (Å²) in [6.45, 7) is 12.9. The molecular formula is C56H79ClN10O6S. The number of hydrogen-bond donors (Lipinski definition) is 6. The molecule has 0 spiro atoms. The Morgan fingerprint density at radius 2 is 1.64 bits per heavy atom. The zero-order chi connectivity index (χ0) is 52.7. The highest BCUT2D eigenvalue weighted by molar-refractivity contribution is 7.97. The zero-order valence-corrected chi connectivity index (χ0v) is 45.7. The normalized spacial score (nSPS) is 18.8. The van der Waals surface area contributed by atoms with Gasteiger partial charge in [0, 0.05) is 73.6 Å². The van der Waals surface area contributed by atoms with Gasteiger partial charge in [0.1, 0.15) is 35.0 Å². The third-order valence-corrected chi connectivity index (χ3v) is 15.7. The molecule has 2 aromatic carbocycles. The van der Waals surface area contributed by atoms with Crippen molar-refractivity contribution in [2.75, 3.05) is 49.9 Å². The number of rotatable bonds is 20. The van der Waals surface area contributed by atoms with E-state index < -0.39 is 23.3 Å². The van der Waals surface area contributed by atoms with E-state index in [0.29, 0.717) is 62.6 Å². The Kier molecular flexibility index (Phi) is 20.5. The third kappa shape index (κ3) is 15.6. The number of aromatic amines is 1. The molecule has 74 heavy (non-hydrogen) atoms. The van der Waals surface area contributed by atoms with E-state index in [1.165, 1.54) is 6.33 Å². The van der Waals surface area contributed by atoms with Crippen LogP contribution >= 0.6 is 23.5 Å². The number of aromatic nitrogens is 3. The van der Waals surface area contributed by atoms with E-state index in [0.717, 1.165) is 111 Å². The highest BCUT2D eigenvalue weighted by atomic mass is 35.5. The standard InChI is InChI=1S/C54H73ClN10O6S.C2H6/c1-53(2,3)71-52(70)63-54(24-30-64(31-25-54)47-43-22-27-56-46(43)58-35-59-47)51(69)61-44(36-18-20-42(55)21-19-36)23-28-60-72-32-8-7-26-57-49(67)45(37-11-5-4-6-12-37)62-48(66)40-14-9-13-39(33-40)41-15-10-29-65(34-41)50(68)38-16-17-38;1-2/h9,13-14,18-22,27,33,35,37-38,41,44-45,60H,4-8,10-12,15-17,23-26,28-32,34H2,1-3H3,(H,57,67)(H,61,69)(H,62,66)(H,63,70)(H,56,58,59);1-2H3. The maximum atomic E-state index is 14.6. The SMILES string of the molecule is CC.CC(C)(C)OC(=O)NC1(C(=O)NC(CCNSCCCCNC(=O)C(NC(=O)c2cccc(C3CCCN(C(=O)C4CC4)C3)c2)C2CCCCC2)c2ccc(Cl)cc2)CCN(c2ncnc3[nH]ccc23)CC1. The van der Waals surface area contributed by atoms with Crippen LogP contribution in [0, 0.1) is 11.8 Å². The van der Waals surface area contributed by atoms with Crippen molar-refractivity contribution in [2.24, 2.45) is 11.8 Å². The molecule has 4 aromatic rings. The quantitative estimate of drug-likeness (QED) is 0.0364. The highest BCUT2D eigenvalue weighted by Crippen LogP contribution is 2.36. The highest BCUT2D eigenvalue weighted by Gasteiger charge is 2.45. The molecule has 4 aliphatic rings. The van der Waals surface area contributed by atoms with Gasteiger partial charge in [-0.2, -0.15) is 0 Å². The molecule has 16 nitrogen and oxygen atoms in total. The Labute approximate surface area is 446 Å². The number of halogens is 1. The van der Waals surface area contributed by atoms with Crippen LogP contribution in [0.5, 0.6) is 0 Å². The maximum absolute atomic E-state index is 14.6. The lowest BCUT2D eigenvalue weighted by atomic mass is 9.83. The number of nitrogens with zero attached hydrogens (tertiary/aromatic N) is 4. The van der Waals surface area contributed by atoms with E-state index in [9.17, 15) is 24.0 Å². The number of hydrogen-bond acceptors (Lipinski definition) is 11. The van der Waals surface area contributed by atoms with E-state index in [-0.39, 0.29) is 47.4 Å². The molecule has 2 saturated heterocycles. The van der Waals surface area contributed by atoms with E-state index in [2.05, 4.69) is 51.9 Å². The Bertz CT molecular complexity index is 2480. The first-order valence-electron chi connectivity index (χ1n) is 27.2. The van der Waals surface area contributed by atoms with E-state index in [4.69, 9.17) is 16.3 Å². The van der Waals surface area contributed by atoms with Crippen molar-refractivity contribution >= 4 is 70.1 Å². The summed E-state index contributed by atoms with van der Waals surface area (Å²) in [5.41, 5.74) is 1.24. The lowest BCUT2D eigenvalue weighted by Crippen LogP contribution is -2.64. The number of ether oxygens (including phenoxy) is 1. The number of likely N-dealkylation sites (tertiary alicyclic amines) is 1. The Balaban J connectivity index is 0.00000395. The van der Waals surface area contributed by atoms with E-state index in [1.54, 1.807) is 32.7 Å². The van der Waals surface area contributed by atoms with Gasteiger partial charge in [-0.05, 0) is 139 Å². The molecule has 6 N–H and O–H groups in total. The van der Waals surface area contributed by atoms with Gasteiger partial charge in [-0.3, -0.25) is 23.9 Å². The van der Waals surface area contributed by atoms with Gasteiger partial charge in [0.2, 0.25) is 17.7 Å². The fraction of sp³-hybridized carbons (Fsp3) is 0.589. The van der Waals surface area contributed by atoms with Gasteiger partial charge in [-0.25, -0.2) is 14.8 Å². The first kappa shape index (κ1) is 56.3. The Hall–Kier alpha value is -5.39. The molecule has 402 valence electrons. The maximum Gasteiger partial charge on any atom is 0.408 e. The molecule has 5 amide bonds. The van der Waals surface area contributed by atoms with Gasteiger partial charge in [0.25, 0.3) is 5.91 Å². The first-order valence-corrected chi connectivity index (χ1v) is 28.5. The van der Waals surface area contributed by atoms with E-state index >= 15 is 0 Å². The number of benzene rings is 2. The van der Waals surface area contributed by atoms with Crippen LogP contribution in [0.2, 0.25) is 5.02 Å². The fourth-order valence-electron chi connectivity index (χ4n) is 10.5. The van der Waals surface area contributed by atoms with Gasteiger partial charge < -0.3 is 40.8 Å². The predicted octanol–water partition coefficient (Wildman–Crippen LogP) is 9.38.